The second-order valence-corrected chi connectivity index (χ2v) is 5.44. The van der Waals surface area contributed by atoms with E-state index in [1.54, 1.807) is 6.92 Å². The first-order valence-corrected chi connectivity index (χ1v) is 8.13. The number of furan rings is 1. The van der Waals surface area contributed by atoms with Gasteiger partial charge in [0, 0.05) is 10.9 Å². The molecule has 0 saturated carbocycles. The van der Waals surface area contributed by atoms with Gasteiger partial charge in [-0.15, -0.1) is 0 Å². The van der Waals surface area contributed by atoms with Gasteiger partial charge < -0.3 is 13.9 Å². The van der Waals surface area contributed by atoms with Gasteiger partial charge in [-0.2, -0.15) is 0 Å². The van der Waals surface area contributed by atoms with Crippen LogP contribution < -0.4 is 4.74 Å². The molecule has 0 radical (unpaired) electrons. The van der Waals surface area contributed by atoms with Crippen molar-refractivity contribution < 1.29 is 18.7 Å². The van der Waals surface area contributed by atoms with E-state index >= 15 is 0 Å². The largest absolute Gasteiger partial charge is 0.479 e. The Morgan fingerprint density at radius 1 is 1.08 bits per heavy atom. The lowest BCUT2D eigenvalue weighted by Crippen LogP contribution is -2.28. The Bertz CT molecular complexity index is 784. The molecule has 2 aromatic carbocycles. The van der Waals surface area contributed by atoms with Crippen molar-refractivity contribution in [1.82, 2.24) is 0 Å². The van der Waals surface area contributed by atoms with E-state index in [-0.39, 0.29) is 5.97 Å². The van der Waals surface area contributed by atoms with Crippen LogP contribution in [0.25, 0.3) is 22.3 Å². The Hall–Kier alpha value is -2.75. The van der Waals surface area contributed by atoms with Crippen molar-refractivity contribution in [1.29, 1.82) is 0 Å². The monoisotopic (exact) mass is 324 g/mol. The Kier molecular flexibility index (Phi) is 4.85. The van der Waals surface area contributed by atoms with Crippen LogP contribution in [0.2, 0.25) is 0 Å². The summed E-state index contributed by atoms with van der Waals surface area (Å²) < 4.78 is 16.6. The highest BCUT2D eigenvalue weighted by atomic mass is 16.6. The number of carbonyl (C=O) groups excluding carboxylic acids is 1. The van der Waals surface area contributed by atoms with Crippen molar-refractivity contribution in [3.63, 3.8) is 0 Å². The van der Waals surface area contributed by atoms with Gasteiger partial charge >= 0.3 is 5.97 Å². The molecule has 0 spiro atoms. The molecule has 3 aromatic rings. The van der Waals surface area contributed by atoms with Crippen molar-refractivity contribution >= 4 is 16.9 Å². The molecule has 1 aromatic heterocycles. The number of ether oxygens (including phenoxy) is 2. The summed E-state index contributed by atoms with van der Waals surface area (Å²) in [6, 6.07) is 17.4. The molecule has 0 bridgehead atoms. The zero-order chi connectivity index (χ0) is 16.9. The van der Waals surface area contributed by atoms with E-state index < -0.39 is 6.10 Å². The van der Waals surface area contributed by atoms with Gasteiger partial charge in [-0.25, -0.2) is 4.79 Å². The van der Waals surface area contributed by atoms with Crippen molar-refractivity contribution in [2.24, 2.45) is 0 Å². The van der Waals surface area contributed by atoms with Gasteiger partial charge in [0.2, 0.25) is 0 Å². The van der Waals surface area contributed by atoms with E-state index in [2.05, 4.69) is 0 Å². The topological polar surface area (TPSA) is 48.7 Å². The minimum atomic E-state index is -0.581. The van der Waals surface area contributed by atoms with E-state index in [9.17, 15) is 4.79 Å². The number of para-hydroxylation sites is 1. The molecule has 1 unspecified atom stereocenters. The fourth-order valence-corrected chi connectivity index (χ4v) is 2.52. The normalized spacial score (nSPS) is 12.1. The van der Waals surface area contributed by atoms with Crippen LogP contribution in [0.5, 0.6) is 5.75 Å². The van der Waals surface area contributed by atoms with E-state index in [0.717, 1.165) is 22.3 Å². The summed E-state index contributed by atoms with van der Waals surface area (Å²) in [4.78, 5) is 11.8. The van der Waals surface area contributed by atoms with Crippen LogP contribution in [0.15, 0.2) is 59.0 Å². The molecule has 0 fully saturated rings. The quantitative estimate of drug-likeness (QED) is 0.610. The lowest BCUT2D eigenvalue weighted by molar-refractivity contribution is -0.151. The van der Waals surface area contributed by atoms with Gasteiger partial charge in [0.05, 0.1) is 6.61 Å². The van der Waals surface area contributed by atoms with Crippen molar-refractivity contribution in [3.8, 4) is 17.1 Å². The molecule has 0 aliphatic carbocycles. The number of benzene rings is 2. The molecule has 1 heterocycles. The third-order valence-electron chi connectivity index (χ3n) is 3.76. The molecule has 3 rings (SSSR count). The summed E-state index contributed by atoms with van der Waals surface area (Å²) >= 11 is 0. The molecule has 1 atom stereocenters. The number of rotatable bonds is 6. The highest BCUT2D eigenvalue weighted by Crippen LogP contribution is 2.29. The van der Waals surface area contributed by atoms with Gasteiger partial charge in [0.1, 0.15) is 17.1 Å². The SMILES string of the molecule is CCOC(=O)C(CC)Oc1ccc(-c2cc3ccccc3o2)cc1. The predicted molar refractivity (Wildman–Crippen MR) is 93.0 cm³/mol. The lowest BCUT2D eigenvalue weighted by atomic mass is 10.1. The van der Waals surface area contributed by atoms with Crippen LogP contribution in [0, 0.1) is 0 Å². The molecule has 0 saturated heterocycles. The minimum Gasteiger partial charge on any atom is -0.479 e. The zero-order valence-corrected chi connectivity index (χ0v) is 13.8. The molecular formula is C20H20O4. The van der Waals surface area contributed by atoms with Gasteiger partial charge in [0.25, 0.3) is 0 Å². The Labute approximate surface area is 141 Å². The standard InChI is InChI=1S/C20H20O4/c1-3-17(20(21)22-4-2)23-16-11-9-14(10-12-16)19-13-15-7-5-6-8-18(15)24-19/h5-13,17H,3-4H2,1-2H3. The smallest absolute Gasteiger partial charge is 0.347 e. The molecular weight excluding hydrogens is 304 g/mol. The van der Waals surface area contributed by atoms with Crippen molar-refractivity contribution in [2.75, 3.05) is 6.61 Å². The zero-order valence-electron chi connectivity index (χ0n) is 13.8. The highest BCUT2D eigenvalue weighted by molar-refractivity contribution is 5.82. The van der Waals surface area contributed by atoms with Crippen LogP contribution in [0.3, 0.4) is 0 Å². The van der Waals surface area contributed by atoms with E-state index in [4.69, 9.17) is 13.9 Å². The minimum absolute atomic E-state index is 0.332. The average Bonchev–Trinajstić information content (AvgIpc) is 3.04. The first-order valence-electron chi connectivity index (χ1n) is 8.13. The van der Waals surface area contributed by atoms with Crippen LogP contribution in [0.4, 0.5) is 0 Å². The van der Waals surface area contributed by atoms with Crippen LogP contribution in [-0.2, 0) is 9.53 Å². The predicted octanol–water partition coefficient (Wildman–Crippen LogP) is 4.82. The number of hydrogen-bond donors (Lipinski definition) is 0. The Morgan fingerprint density at radius 2 is 1.83 bits per heavy atom. The van der Waals surface area contributed by atoms with E-state index in [0.29, 0.717) is 18.8 Å². The first-order chi connectivity index (χ1) is 11.7. The molecule has 0 aliphatic heterocycles. The Balaban J connectivity index is 1.76. The number of esters is 1. The number of fused-ring (bicyclic) bond motifs is 1. The summed E-state index contributed by atoms with van der Waals surface area (Å²) in [5.41, 5.74) is 1.82. The maximum absolute atomic E-state index is 11.8. The van der Waals surface area contributed by atoms with Crippen LogP contribution >= 0.6 is 0 Å². The van der Waals surface area contributed by atoms with Gasteiger partial charge in [-0.1, -0.05) is 25.1 Å². The third kappa shape index (κ3) is 3.43. The second-order valence-electron chi connectivity index (χ2n) is 5.44. The first kappa shape index (κ1) is 16.1. The van der Waals surface area contributed by atoms with Crippen LogP contribution in [0.1, 0.15) is 20.3 Å². The van der Waals surface area contributed by atoms with E-state index in [1.165, 1.54) is 0 Å². The third-order valence-corrected chi connectivity index (χ3v) is 3.76. The summed E-state index contributed by atoms with van der Waals surface area (Å²) in [5, 5.41) is 1.07. The maximum Gasteiger partial charge on any atom is 0.347 e. The fraction of sp³-hybridized carbons (Fsp3) is 0.250. The molecule has 24 heavy (non-hydrogen) atoms. The number of hydrogen-bond acceptors (Lipinski definition) is 4. The molecule has 4 nitrogen and oxygen atoms in total. The Morgan fingerprint density at radius 3 is 2.50 bits per heavy atom. The lowest BCUT2D eigenvalue weighted by Gasteiger charge is -2.16. The van der Waals surface area contributed by atoms with Crippen molar-refractivity contribution in [3.05, 3.63) is 54.6 Å². The summed E-state index contributed by atoms with van der Waals surface area (Å²) in [7, 11) is 0. The van der Waals surface area contributed by atoms with E-state index in [1.807, 2.05) is 61.5 Å². The van der Waals surface area contributed by atoms with Gasteiger partial charge in [-0.3, -0.25) is 0 Å². The maximum atomic E-state index is 11.8. The molecule has 0 N–H and O–H groups in total. The summed E-state index contributed by atoms with van der Waals surface area (Å²) in [5.74, 6) is 1.11. The molecule has 0 amide bonds. The second kappa shape index (κ2) is 7.21. The van der Waals surface area contributed by atoms with Crippen molar-refractivity contribution in [2.45, 2.75) is 26.4 Å². The van der Waals surface area contributed by atoms with Gasteiger partial charge in [-0.05, 0) is 49.7 Å². The number of carbonyl (C=O) groups is 1. The summed E-state index contributed by atoms with van der Waals surface area (Å²) in [6.07, 6.45) is -0.0218. The van der Waals surface area contributed by atoms with Gasteiger partial charge in [0.15, 0.2) is 6.10 Å². The fourth-order valence-electron chi connectivity index (χ4n) is 2.52. The van der Waals surface area contributed by atoms with Crippen LogP contribution in [-0.4, -0.2) is 18.7 Å². The molecule has 124 valence electrons. The average molecular weight is 324 g/mol. The summed E-state index contributed by atoms with van der Waals surface area (Å²) in [6.45, 7) is 4.03. The highest BCUT2D eigenvalue weighted by Gasteiger charge is 2.19. The molecule has 4 heteroatoms. The molecule has 0 aliphatic rings.